The highest BCUT2D eigenvalue weighted by molar-refractivity contribution is 9.10. The standard InChI is InChI=1S/C17H13BrF3NO/c18-13-7-3-11(4-8-13)16-14(9-15(23)22-16)10-1-5-12(6-2-10)17(19,20)21/h1-8,14,16H,9H2,(H,22,23)/t14-,16-/m0/s1. The van der Waals surface area contributed by atoms with Crippen LogP contribution >= 0.6 is 15.9 Å². The highest BCUT2D eigenvalue weighted by Gasteiger charge is 2.35. The van der Waals surface area contributed by atoms with Crippen LogP contribution in [0.4, 0.5) is 13.2 Å². The molecule has 1 aliphatic heterocycles. The molecular weight excluding hydrogens is 371 g/mol. The fraction of sp³-hybridized carbons (Fsp3) is 0.235. The summed E-state index contributed by atoms with van der Waals surface area (Å²) in [6.07, 6.45) is -4.08. The lowest BCUT2D eigenvalue weighted by molar-refractivity contribution is -0.137. The van der Waals surface area contributed by atoms with Crippen LogP contribution in [0.5, 0.6) is 0 Å². The van der Waals surface area contributed by atoms with E-state index in [0.717, 1.165) is 27.7 Å². The SMILES string of the molecule is O=C1C[C@@H](c2ccc(C(F)(F)F)cc2)[C@H](c2ccc(Br)cc2)N1. The number of nitrogens with one attached hydrogen (secondary N) is 1. The van der Waals surface area contributed by atoms with Crippen molar-refractivity contribution in [3.05, 3.63) is 69.7 Å². The van der Waals surface area contributed by atoms with Crippen LogP contribution in [0, 0.1) is 0 Å². The van der Waals surface area contributed by atoms with Crippen molar-refractivity contribution in [2.45, 2.75) is 24.6 Å². The van der Waals surface area contributed by atoms with Crippen molar-refractivity contribution >= 4 is 21.8 Å². The number of amides is 1. The molecule has 1 amide bonds. The van der Waals surface area contributed by atoms with Crippen LogP contribution in [0.3, 0.4) is 0 Å². The van der Waals surface area contributed by atoms with Crippen LogP contribution in [0.25, 0.3) is 0 Å². The second kappa shape index (κ2) is 6.00. The van der Waals surface area contributed by atoms with E-state index in [2.05, 4.69) is 21.2 Å². The van der Waals surface area contributed by atoms with Gasteiger partial charge in [0.05, 0.1) is 11.6 Å². The van der Waals surface area contributed by atoms with Gasteiger partial charge in [-0.05, 0) is 35.4 Å². The van der Waals surface area contributed by atoms with Crippen molar-refractivity contribution in [2.75, 3.05) is 0 Å². The van der Waals surface area contributed by atoms with Crippen LogP contribution in [0.15, 0.2) is 53.0 Å². The molecule has 3 rings (SSSR count). The molecule has 1 N–H and O–H groups in total. The van der Waals surface area contributed by atoms with Crippen LogP contribution < -0.4 is 5.32 Å². The molecule has 0 aromatic heterocycles. The Balaban J connectivity index is 1.90. The average molecular weight is 384 g/mol. The molecule has 0 aliphatic carbocycles. The minimum Gasteiger partial charge on any atom is -0.349 e. The molecule has 0 bridgehead atoms. The van der Waals surface area contributed by atoms with Crippen LogP contribution in [-0.2, 0) is 11.0 Å². The van der Waals surface area contributed by atoms with Crippen molar-refractivity contribution in [1.29, 1.82) is 0 Å². The number of rotatable bonds is 2. The van der Waals surface area contributed by atoms with Gasteiger partial charge in [-0.1, -0.05) is 40.2 Å². The fourth-order valence-electron chi connectivity index (χ4n) is 2.87. The summed E-state index contributed by atoms with van der Waals surface area (Å²) in [5, 5.41) is 2.91. The summed E-state index contributed by atoms with van der Waals surface area (Å²) in [6.45, 7) is 0. The van der Waals surface area contributed by atoms with E-state index in [1.807, 2.05) is 24.3 Å². The van der Waals surface area contributed by atoms with Crippen LogP contribution in [0.2, 0.25) is 0 Å². The van der Waals surface area contributed by atoms with Gasteiger partial charge in [0.1, 0.15) is 0 Å². The second-order valence-corrected chi connectivity index (χ2v) is 6.44. The average Bonchev–Trinajstić information content (AvgIpc) is 2.89. The quantitative estimate of drug-likeness (QED) is 0.791. The fourth-order valence-corrected chi connectivity index (χ4v) is 3.13. The number of benzene rings is 2. The zero-order valence-corrected chi connectivity index (χ0v) is 13.5. The van der Waals surface area contributed by atoms with Gasteiger partial charge < -0.3 is 5.32 Å². The minimum absolute atomic E-state index is 0.0946. The Morgan fingerprint density at radius 3 is 2.09 bits per heavy atom. The molecule has 1 heterocycles. The zero-order valence-electron chi connectivity index (χ0n) is 11.9. The largest absolute Gasteiger partial charge is 0.416 e. The van der Waals surface area contributed by atoms with Gasteiger partial charge in [-0.3, -0.25) is 4.79 Å². The molecule has 2 aromatic rings. The lowest BCUT2D eigenvalue weighted by Gasteiger charge is -2.20. The maximum absolute atomic E-state index is 12.7. The number of halogens is 4. The van der Waals surface area contributed by atoms with E-state index >= 15 is 0 Å². The first-order valence-electron chi connectivity index (χ1n) is 7.06. The Hall–Kier alpha value is -1.82. The summed E-state index contributed by atoms with van der Waals surface area (Å²) in [6, 6.07) is 12.4. The molecule has 0 saturated carbocycles. The molecular formula is C17H13BrF3NO. The maximum Gasteiger partial charge on any atom is 0.416 e. The van der Waals surface area contributed by atoms with Gasteiger partial charge >= 0.3 is 6.18 Å². The number of carbonyl (C=O) groups excluding carboxylic acids is 1. The smallest absolute Gasteiger partial charge is 0.349 e. The molecule has 120 valence electrons. The van der Waals surface area contributed by atoms with Crippen LogP contribution in [0.1, 0.15) is 35.1 Å². The van der Waals surface area contributed by atoms with E-state index in [9.17, 15) is 18.0 Å². The summed E-state index contributed by atoms with van der Waals surface area (Å²) < 4.78 is 38.9. The molecule has 1 aliphatic rings. The summed E-state index contributed by atoms with van der Waals surface area (Å²) >= 11 is 3.36. The number of hydrogen-bond donors (Lipinski definition) is 1. The zero-order chi connectivity index (χ0) is 16.6. The van der Waals surface area contributed by atoms with Gasteiger partial charge in [0.15, 0.2) is 0 Å². The topological polar surface area (TPSA) is 29.1 Å². The van der Waals surface area contributed by atoms with Crippen molar-refractivity contribution in [2.24, 2.45) is 0 Å². The summed E-state index contributed by atoms with van der Waals surface area (Å²) in [5.74, 6) is -0.270. The van der Waals surface area contributed by atoms with Crippen molar-refractivity contribution in [3.63, 3.8) is 0 Å². The van der Waals surface area contributed by atoms with E-state index in [4.69, 9.17) is 0 Å². The maximum atomic E-state index is 12.7. The van der Waals surface area contributed by atoms with E-state index in [1.165, 1.54) is 12.1 Å². The van der Waals surface area contributed by atoms with E-state index in [-0.39, 0.29) is 24.3 Å². The lowest BCUT2D eigenvalue weighted by Crippen LogP contribution is -2.20. The number of alkyl halides is 3. The second-order valence-electron chi connectivity index (χ2n) is 5.53. The Morgan fingerprint density at radius 2 is 1.52 bits per heavy atom. The van der Waals surface area contributed by atoms with Crippen molar-refractivity contribution in [1.82, 2.24) is 5.32 Å². The van der Waals surface area contributed by atoms with Gasteiger partial charge in [0, 0.05) is 16.8 Å². The minimum atomic E-state index is -4.35. The molecule has 0 radical (unpaired) electrons. The highest BCUT2D eigenvalue weighted by atomic mass is 79.9. The van der Waals surface area contributed by atoms with E-state index < -0.39 is 11.7 Å². The Labute approximate surface area is 139 Å². The predicted molar refractivity (Wildman–Crippen MR) is 83.8 cm³/mol. The molecule has 6 heteroatoms. The van der Waals surface area contributed by atoms with Gasteiger partial charge in [-0.25, -0.2) is 0 Å². The Kier molecular flexibility index (Phi) is 4.19. The van der Waals surface area contributed by atoms with E-state index in [0.29, 0.717) is 0 Å². The third-order valence-electron chi connectivity index (χ3n) is 4.02. The molecule has 2 aromatic carbocycles. The molecule has 2 atom stereocenters. The van der Waals surface area contributed by atoms with Gasteiger partial charge in [-0.2, -0.15) is 13.2 Å². The van der Waals surface area contributed by atoms with E-state index in [1.54, 1.807) is 0 Å². The first kappa shape index (κ1) is 16.1. The third-order valence-corrected chi connectivity index (χ3v) is 4.55. The monoisotopic (exact) mass is 383 g/mol. The third kappa shape index (κ3) is 3.42. The summed E-state index contributed by atoms with van der Waals surface area (Å²) in [4.78, 5) is 11.8. The highest BCUT2D eigenvalue weighted by Crippen LogP contribution is 2.39. The lowest BCUT2D eigenvalue weighted by atomic mass is 9.87. The predicted octanol–water partition coefficient (Wildman–Crippen LogP) is 4.81. The van der Waals surface area contributed by atoms with Gasteiger partial charge in [-0.15, -0.1) is 0 Å². The molecule has 0 unspecified atom stereocenters. The molecule has 2 nitrogen and oxygen atoms in total. The normalized spacial score (nSPS) is 21.3. The molecule has 1 saturated heterocycles. The van der Waals surface area contributed by atoms with Crippen LogP contribution in [-0.4, -0.2) is 5.91 Å². The molecule has 23 heavy (non-hydrogen) atoms. The first-order chi connectivity index (χ1) is 10.8. The first-order valence-corrected chi connectivity index (χ1v) is 7.86. The molecule has 1 fully saturated rings. The summed E-state index contributed by atoms with van der Waals surface area (Å²) in [5.41, 5.74) is 0.979. The number of hydrogen-bond acceptors (Lipinski definition) is 1. The van der Waals surface area contributed by atoms with Gasteiger partial charge in [0.2, 0.25) is 5.91 Å². The molecule has 0 spiro atoms. The van der Waals surface area contributed by atoms with Crippen molar-refractivity contribution in [3.8, 4) is 0 Å². The summed E-state index contributed by atoms with van der Waals surface area (Å²) in [7, 11) is 0. The Morgan fingerprint density at radius 1 is 0.957 bits per heavy atom. The Bertz CT molecular complexity index is 710. The number of carbonyl (C=O) groups is 1. The van der Waals surface area contributed by atoms with Crippen molar-refractivity contribution < 1.29 is 18.0 Å². The van der Waals surface area contributed by atoms with Gasteiger partial charge in [0.25, 0.3) is 0 Å².